The molecule has 0 atom stereocenters. The van der Waals surface area contributed by atoms with Crippen molar-refractivity contribution in [1.29, 1.82) is 0 Å². The molecule has 0 radical (unpaired) electrons. The van der Waals surface area contributed by atoms with E-state index in [2.05, 4.69) is 30.3 Å². The highest BCUT2D eigenvalue weighted by molar-refractivity contribution is 5.85. The monoisotopic (exact) mass is 345 g/mol. The van der Waals surface area contributed by atoms with E-state index >= 15 is 0 Å². The van der Waals surface area contributed by atoms with Gasteiger partial charge in [0.2, 0.25) is 0 Å². The van der Waals surface area contributed by atoms with Gasteiger partial charge < -0.3 is 4.74 Å². The number of rotatable bonds is 5. The number of ether oxygens (including phenoxy) is 1. The lowest BCUT2D eigenvalue weighted by Gasteiger charge is -2.05. The largest absolute Gasteiger partial charge is 0.497 e. The molecule has 0 saturated carbocycles. The zero-order valence-corrected chi connectivity index (χ0v) is 14.0. The Bertz CT molecular complexity index is 1060. The van der Waals surface area contributed by atoms with E-state index in [9.17, 15) is 0 Å². The molecule has 0 bridgehead atoms. The Morgan fingerprint density at radius 1 is 1.08 bits per heavy atom. The van der Waals surface area contributed by atoms with Crippen LogP contribution in [-0.2, 0) is 6.54 Å². The van der Waals surface area contributed by atoms with Gasteiger partial charge in [0.15, 0.2) is 11.5 Å². The second-order valence-corrected chi connectivity index (χ2v) is 5.41. The van der Waals surface area contributed by atoms with Crippen molar-refractivity contribution >= 4 is 16.9 Å². The Kier molecular flexibility index (Phi) is 4.29. The van der Waals surface area contributed by atoms with E-state index in [1.54, 1.807) is 24.2 Å². The highest BCUT2D eigenvalue weighted by Gasteiger charge is 2.11. The first-order valence-corrected chi connectivity index (χ1v) is 7.96. The Balaban J connectivity index is 1.66. The number of fused-ring (bicyclic) bond motifs is 1. The molecule has 128 valence electrons. The number of methoxy groups -OCH3 is 1. The fourth-order valence-electron chi connectivity index (χ4n) is 2.51. The normalized spacial score (nSPS) is 11.3. The molecule has 0 aliphatic rings. The Hall–Kier alpha value is -3.68. The zero-order chi connectivity index (χ0) is 17.8. The first kappa shape index (κ1) is 15.8. The SMILES string of the molecule is COc1cccc(-n2ncc3c(N=NCc4ccccn4)ncnc32)c1. The summed E-state index contributed by atoms with van der Waals surface area (Å²) in [7, 11) is 1.63. The van der Waals surface area contributed by atoms with Gasteiger partial charge in [-0.25, -0.2) is 14.6 Å². The second-order valence-electron chi connectivity index (χ2n) is 5.41. The molecular formula is C18H15N7O. The van der Waals surface area contributed by atoms with Crippen LogP contribution in [0.1, 0.15) is 5.69 Å². The number of azo groups is 1. The fraction of sp³-hybridized carbons (Fsp3) is 0.111. The van der Waals surface area contributed by atoms with Crippen LogP contribution in [0.3, 0.4) is 0 Å². The van der Waals surface area contributed by atoms with Gasteiger partial charge >= 0.3 is 0 Å². The molecule has 0 saturated heterocycles. The van der Waals surface area contributed by atoms with Crippen molar-refractivity contribution in [3.63, 3.8) is 0 Å². The van der Waals surface area contributed by atoms with Crippen molar-refractivity contribution < 1.29 is 4.74 Å². The summed E-state index contributed by atoms with van der Waals surface area (Å²) in [5.41, 5.74) is 2.34. The molecule has 8 heteroatoms. The molecular weight excluding hydrogens is 330 g/mol. The zero-order valence-electron chi connectivity index (χ0n) is 14.0. The molecule has 0 N–H and O–H groups in total. The van der Waals surface area contributed by atoms with Crippen LogP contribution in [0.25, 0.3) is 16.7 Å². The first-order chi connectivity index (χ1) is 12.8. The van der Waals surface area contributed by atoms with Gasteiger partial charge in [0.05, 0.1) is 30.1 Å². The van der Waals surface area contributed by atoms with Crippen LogP contribution in [-0.4, -0.2) is 31.8 Å². The summed E-state index contributed by atoms with van der Waals surface area (Å²) in [5, 5.41) is 13.5. The van der Waals surface area contributed by atoms with E-state index in [0.29, 0.717) is 18.0 Å². The predicted molar refractivity (Wildman–Crippen MR) is 95.7 cm³/mol. The van der Waals surface area contributed by atoms with Crippen LogP contribution >= 0.6 is 0 Å². The number of benzene rings is 1. The molecule has 0 unspecified atom stereocenters. The Morgan fingerprint density at radius 2 is 2.04 bits per heavy atom. The second kappa shape index (κ2) is 7.06. The maximum absolute atomic E-state index is 5.27. The third-order valence-electron chi connectivity index (χ3n) is 3.77. The van der Waals surface area contributed by atoms with E-state index in [0.717, 1.165) is 22.5 Å². The Labute approximate surface area is 149 Å². The standard InChI is InChI=1S/C18H15N7O/c1-26-15-7-4-6-14(9-15)25-18-16(11-23-25)17(20-12-21-18)24-22-10-13-5-2-3-8-19-13/h2-9,11-12H,10H2,1H3. The quantitative estimate of drug-likeness (QED) is 0.516. The van der Waals surface area contributed by atoms with Crippen molar-refractivity contribution in [2.24, 2.45) is 10.2 Å². The third-order valence-corrected chi connectivity index (χ3v) is 3.77. The fourth-order valence-corrected chi connectivity index (χ4v) is 2.51. The van der Waals surface area contributed by atoms with Crippen LogP contribution in [0, 0.1) is 0 Å². The molecule has 0 amide bonds. The summed E-state index contributed by atoms with van der Waals surface area (Å²) in [6, 6.07) is 13.3. The number of nitrogens with zero attached hydrogens (tertiary/aromatic N) is 7. The van der Waals surface area contributed by atoms with E-state index < -0.39 is 0 Å². The number of hydrogen-bond acceptors (Lipinski definition) is 7. The summed E-state index contributed by atoms with van der Waals surface area (Å²) in [6.07, 6.45) is 4.87. The minimum absolute atomic E-state index is 0.385. The molecule has 3 heterocycles. The lowest BCUT2D eigenvalue weighted by atomic mass is 10.3. The maximum Gasteiger partial charge on any atom is 0.188 e. The summed E-state index contributed by atoms with van der Waals surface area (Å²) in [5.74, 6) is 1.22. The van der Waals surface area contributed by atoms with Crippen molar-refractivity contribution in [2.75, 3.05) is 7.11 Å². The van der Waals surface area contributed by atoms with E-state index in [-0.39, 0.29) is 0 Å². The summed E-state index contributed by atoms with van der Waals surface area (Å²) >= 11 is 0. The average molecular weight is 345 g/mol. The number of hydrogen-bond donors (Lipinski definition) is 0. The molecule has 8 nitrogen and oxygen atoms in total. The number of aromatic nitrogens is 5. The van der Waals surface area contributed by atoms with Crippen molar-refractivity contribution in [2.45, 2.75) is 6.54 Å². The van der Waals surface area contributed by atoms with Crippen LogP contribution in [0.4, 0.5) is 5.82 Å². The molecule has 0 fully saturated rings. The summed E-state index contributed by atoms with van der Waals surface area (Å²) in [4.78, 5) is 12.8. The minimum Gasteiger partial charge on any atom is -0.497 e. The van der Waals surface area contributed by atoms with Gasteiger partial charge in [0.1, 0.15) is 18.6 Å². The van der Waals surface area contributed by atoms with Gasteiger partial charge in [-0.2, -0.15) is 10.2 Å². The smallest absolute Gasteiger partial charge is 0.188 e. The molecule has 0 aliphatic heterocycles. The highest BCUT2D eigenvalue weighted by Crippen LogP contribution is 2.25. The molecule has 26 heavy (non-hydrogen) atoms. The van der Waals surface area contributed by atoms with Crippen molar-refractivity contribution in [3.8, 4) is 11.4 Å². The van der Waals surface area contributed by atoms with E-state index in [1.165, 1.54) is 6.33 Å². The van der Waals surface area contributed by atoms with Crippen molar-refractivity contribution in [3.05, 3.63) is 66.9 Å². The van der Waals surface area contributed by atoms with Crippen LogP contribution in [0.5, 0.6) is 5.75 Å². The topological polar surface area (TPSA) is 90.4 Å². The first-order valence-electron chi connectivity index (χ1n) is 7.96. The average Bonchev–Trinajstić information content (AvgIpc) is 3.14. The molecule has 0 aliphatic carbocycles. The molecule has 4 rings (SSSR count). The van der Waals surface area contributed by atoms with Crippen LogP contribution in [0.15, 0.2) is 71.4 Å². The van der Waals surface area contributed by atoms with Crippen LogP contribution < -0.4 is 4.74 Å². The Morgan fingerprint density at radius 3 is 2.88 bits per heavy atom. The van der Waals surface area contributed by atoms with Gasteiger partial charge in [-0.15, -0.1) is 5.11 Å². The van der Waals surface area contributed by atoms with Gasteiger partial charge in [0.25, 0.3) is 0 Å². The molecule has 0 spiro atoms. The van der Waals surface area contributed by atoms with E-state index in [1.807, 2.05) is 42.5 Å². The predicted octanol–water partition coefficient (Wildman–Crippen LogP) is 3.50. The molecule has 4 aromatic rings. The van der Waals surface area contributed by atoms with Crippen LogP contribution in [0.2, 0.25) is 0 Å². The van der Waals surface area contributed by atoms with E-state index in [4.69, 9.17) is 4.74 Å². The summed E-state index contributed by atoms with van der Waals surface area (Å²) < 4.78 is 6.99. The van der Waals surface area contributed by atoms with Crippen molar-refractivity contribution in [1.82, 2.24) is 24.7 Å². The molecule has 3 aromatic heterocycles. The lowest BCUT2D eigenvalue weighted by Crippen LogP contribution is -1.98. The maximum atomic E-state index is 5.27. The third kappa shape index (κ3) is 3.12. The van der Waals surface area contributed by atoms with Gasteiger partial charge in [-0.1, -0.05) is 12.1 Å². The van der Waals surface area contributed by atoms with Gasteiger partial charge in [-0.05, 0) is 24.3 Å². The molecule has 1 aromatic carbocycles. The highest BCUT2D eigenvalue weighted by atomic mass is 16.5. The minimum atomic E-state index is 0.385. The van der Waals surface area contributed by atoms with Gasteiger partial charge in [-0.3, -0.25) is 4.98 Å². The van der Waals surface area contributed by atoms with Gasteiger partial charge in [0, 0.05) is 12.3 Å². The lowest BCUT2D eigenvalue weighted by molar-refractivity contribution is 0.414. The summed E-state index contributed by atoms with van der Waals surface area (Å²) in [6.45, 7) is 0.385. The number of pyridine rings is 1.